The number of rotatable bonds is 5. The zero-order chi connectivity index (χ0) is 12.1. The predicted octanol–water partition coefficient (Wildman–Crippen LogP) is 1.82. The molecular formula is C11H15F2NOS. The van der Waals surface area contributed by atoms with Gasteiger partial charge >= 0.3 is 0 Å². The van der Waals surface area contributed by atoms with Crippen molar-refractivity contribution in [1.29, 1.82) is 0 Å². The summed E-state index contributed by atoms with van der Waals surface area (Å²) >= 11 is 0. The molecule has 0 spiro atoms. The van der Waals surface area contributed by atoms with E-state index in [1.165, 1.54) is 12.1 Å². The third-order valence-corrected chi connectivity index (χ3v) is 3.13. The van der Waals surface area contributed by atoms with E-state index in [4.69, 9.17) is 0 Å². The molecule has 0 fully saturated rings. The van der Waals surface area contributed by atoms with Gasteiger partial charge < -0.3 is 5.32 Å². The van der Waals surface area contributed by atoms with Crippen LogP contribution >= 0.6 is 0 Å². The Balaban J connectivity index is 2.54. The molecular weight excluding hydrogens is 232 g/mol. The van der Waals surface area contributed by atoms with E-state index >= 15 is 0 Å². The first-order valence-electron chi connectivity index (χ1n) is 4.97. The molecule has 0 aliphatic heterocycles. The average Bonchev–Trinajstić information content (AvgIpc) is 2.19. The molecule has 2 nitrogen and oxygen atoms in total. The Bertz CT molecular complexity index is 384. The third-order valence-electron chi connectivity index (χ3n) is 2.16. The molecule has 0 bridgehead atoms. The first kappa shape index (κ1) is 13.3. The Morgan fingerprint density at radius 3 is 2.75 bits per heavy atom. The first-order valence-corrected chi connectivity index (χ1v) is 6.69. The van der Waals surface area contributed by atoms with Gasteiger partial charge in [0.05, 0.1) is 0 Å². The van der Waals surface area contributed by atoms with Crippen LogP contribution in [0.1, 0.15) is 12.5 Å². The van der Waals surface area contributed by atoms with Crippen molar-refractivity contribution < 1.29 is 13.0 Å². The molecule has 0 saturated heterocycles. The molecule has 1 N–H and O–H groups in total. The van der Waals surface area contributed by atoms with E-state index in [1.54, 1.807) is 6.26 Å². The molecule has 0 aliphatic rings. The largest absolute Gasteiger partial charge is 0.309 e. The Labute approximate surface area is 96.5 Å². The second-order valence-electron chi connectivity index (χ2n) is 3.73. The zero-order valence-electron chi connectivity index (χ0n) is 9.30. The molecule has 1 rings (SSSR count). The van der Waals surface area contributed by atoms with Crippen molar-refractivity contribution >= 4 is 10.8 Å². The van der Waals surface area contributed by atoms with Crippen LogP contribution in [0.4, 0.5) is 8.78 Å². The van der Waals surface area contributed by atoms with Gasteiger partial charge in [-0.05, 0) is 13.0 Å². The van der Waals surface area contributed by atoms with Gasteiger partial charge in [0.1, 0.15) is 0 Å². The highest BCUT2D eigenvalue weighted by atomic mass is 32.2. The maximum Gasteiger partial charge on any atom is 0.163 e. The first-order chi connectivity index (χ1) is 7.50. The lowest BCUT2D eigenvalue weighted by Crippen LogP contribution is -2.30. The average molecular weight is 247 g/mol. The Kier molecular flexibility index (Phi) is 5.02. The second-order valence-corrected chi connectivity index (χ2v) is 5.21. The van der Waals surface area contributed by atoms with Crippen molar-refractivity contribution in [2.45, 2.75) is 19.5 Å². The van der Waals surface area contributed by atoms with Crippen LogP contribution in [0.2, 0.25) is 0 Å². The van der Waals surface area contributed by atoms with Gasteiger partial charge in [-0.1, -0.05) is 12.1 Å². The van der Waals surface area contributed by atoms with Gasteiger partial charge in [0, 0.05) is 41.0 Å². The van der Waals surface area contributed by atoms with Crippen molar-refractivity contribution in [3.8, 4) is 0 Å². The SMILES string of the molecule is CC(CS(C)=O)NCc1cccc(F)c1F. The lowest BCUT2D eigenvalue weighted by atomic mass is 10.2. The molecule has 0 saturated carbocycles. The smallest absolute Gasteiger partial charge is 0.163 e. The molecule has 0 amide bonds. The van der Waals surface area contributed by atoms with Gasteiger partial charge in [0.15, 0.2) is 11.6 Å². The Morgan fingerprint density at radius 2 is 2.12 bits per heavy atom. The van der Waals surface area contributed by atoms with Gasteiger partial charge in [-0.15, -0.1) is 0 Å². The van der Waals surface area contributed by atoms with Crippen molar-refractivity contribution in [2.24, 2.45) is 0 Å². The summed E-state index contributed by atoms with van der Waals surface area (Å²) < 4.78 is 37.0. The van der Waals surface area contributed by atoms with E-state index < -0.39 is 22.4 Å². The maximum atomic E-state index is 13.2. The molecule has 1 aromatic rings. The molecule has 0 radical (unpaired) electrons. The highest BCUT2D eigenvalue weighted by molar-refractivity contribution is 7.84. The fraction of sp³-hybridized carbons (Fsp3) is 0.455. The summed E-state index contributed by atoms with van der Waals surface area (Å²) in [4.78, 5) is 0. The van der Waals surface area contributed by atoms with Gasteiger partial charge in [0.2, 0.25) is 0 Å². The Hall–Kier alpha value is -0.810. The number of nitrogens with one attached hydrogen (secondary N) is 1. The van der Waals surface area contributed by atoms with Gasteiger partial charge in [-0.2, -0.15) is 0 Å². The monoisotopic (exact) mass is 247 g/mol. The molecule has 90 valence electrons. The minimum atomic E-state index is -0.894. The van der Waals surface area contributed by atoms with E-state index in [1.807, 2.05) is 6.92 Å². The second kappa shape index (κ2) is 6.06. The van der Waals surface area contributed by atoms with Crippen molar-refractivity contribution in [3.63, 3.8) is 0 Å². The van der Waals surface area contributed by atoms with E-state index in [-0.39, 0.29) is 18.2 Å². The number of halogens is 2. The molecule has 5 heteroatoms. The van der Waals surface area contributed by atoms with Crippen molar-refractivity contribution in [1.82, 2.24) is 5.32 Å². The van der Waals surface area contributed by atoms with Crippen molar-refractivity contribution in [3.05, 3.63) is 35.4 Å². The van der Waals surface area contributed by atoms with Crippen LogP contribution < -0.4 is 5.32 Å². The minimum absolute atomic E-state index is 0.00787. The summed E-state index contributed by atoms with van der Waals surface area (Å²) in [6, 6.07) is 4.09. The summed E-state index contributed by atoms with van der Waals surface area (Å²) in [7, 11) is -0.894. The van der Waals surface area contributed by atoms with Gasteiger partial charge in [-0.25, -0.2) is 8.78 Å². The standard InChI is InChI=1S/C11H15F2NOS/c1-8(7-16(2)15)14-6-9-4-3-5-10(12)11(9)13/h3-5,8,14H,6-7H2,1-2H3. The maximum absolute atomic E-state index is 13.2. The van der Waals surface area contributed by atoms with Crippen LogP contribution in [0, 0.1) is 11.6 Å². The summed E-state index contributed by atoms with van der Waals surface area (Å²) in [6.45, 7) is 2.10. The number of hydrogen-bond acceptors (Lipinski definition) is 2. The quantitative estimate of drug-likeness (QED) is 0.860. The molecule has 2 unspecified atom stereocenters. The van der Waals surface area contributed by atoms with Crippen molar-refractivity contribution in [2.75, 3.05) is 12.0 Å². The van der Waals surface area contributed by atoms with Crippen LogP contribution in [0.25, 0.3) is 0 Å². The van der Waals surface area contributed by atoms with Crippen LogP contribution in [-0.4, -0.2) is 22.3 Å². The molecule has 16 heavy (non-hydrogen) atoms. The highest BCUT2D eigenvalue weighted by Crippen LogP contribution is 2.11. The number of hydrogen-bond donors (Lipinski definition) is 1. The van der Waals surface area contributed by atoms with Gasteiger partial charge in [0.25, 0.3) is 0 Å². The van der Waals surface area contributed by atoms with Crippen LogP contribution in [0.5, 0.6) is 0 Å². The van der Waals surface area contributed by atoms with E-state index in [0.29, 0.717) is 5.75 Å². The fourth-order valence-electron chi connectivity index (χ4n) is 1.38. The van der Waals surface area contributed by atoms with Crippen LogP contribution in [-0.2, 0) is 17.3 Å². The highest BCUT2D eigenvalue weighted by Gasteiger charge is 2.09. The lowest BCUT2D eigenvalue weighted by molar-refractivity contribution is 0.487. The zero-order valence-corrected chi connectivity index (χ0v) is 10.1. The molecule has 1 aromatic carbocycles. The van der Waals surface area contributed by atoms with Crippen LogP contribution in [0.3, 0.4) is 0 Å². The normalized spacial score (nSPS) is 14.8. The fourth-order valence-corrected chi connectivity index (χ4v) is 2.20. The molecule has 0 aromatic heterocycles. The third kappa shape index (κ3) is 3.98. The predicted molar refractivity (Wildman–Crippen MR) is 61.6 cm³/mol. The Morgan fingerprint density at radius 1 is 1.44 bits per heavy atom. The molecule has 2 atom stereocenters. The molecule has 0 aliphatic carbocycles. The van der Waals surface area contributed by atoms with E-state index in [2.05, 4.69) is 5.32 Å². The summed E-state index contributed by atoms with van der Waals surface area (Å²) in [6.07, 6.45) is 1.61. The lowest BCUT2D eigenvalue weighted by Gasteiger charge is -2.12. The summed E-state index contributed by atoms with van der Waals surface area (Å²) in [5, 5.41) is 3.00. The van der Waals surface area contributed by atoms with Crippen LogP contribution in [0.15, 0.2) is 18.2 Å². The van der Waals surface area contributed by atoms with E-state index in [0.717, 1.165) is 6.07 Å². The number of benzene rings is 1. The van der Waals surface area contributed by atoms with Gasteiger partial charge in [-0.3, -0.25) is 4.21 Å². The molecule has 0 heterocycles. The summed E-state index contributed by atoms with van der Waals surface area (Å²) in [5.74, 6) is -1.16. The van der Waals surface area contributed by atoms with E-state index in [9.17, 15) is 13.0 Å². The minimum Gasteiger partial charge on any atom is -0.309 e. The summed E-state index contributed by atoms with van der Waals surface area (Å²) in [5.41, 5.74) is 0.286. The topological polar surface area (TPSA) is 29.1 Å².